The first-order chi connectivity index (χ1) is 11.5. The summed E-state index contributed by atoms with van der Waals surface area (Å²) in [6.45, 7) is 1.42. The van der Waals surface area contributed by atoms with Gasteiger partial charge in [0.15, 0.2) is 11.5 Å². The minimum absolute atomic E-state index is 0.0223. The molecule has 0 N–H and O–H groups in total. The van der Waals surface area contributed by atoms with Crippen LogP contribution < -0.4 is 9.47 Å². The van der Waals surface area contributed by atoms with Crippen LogP contribution in [0, 0.1) is 10.1 Å². The maximum atomic E-state index is 11.5. The van der Waals surface area contributed by atoms with Crippen LogP contribution in [0.15, 0.2) is 36.4 Å². The van der Waals surface area contributed by atoms with E-state index in [1.807, 2.05) is 0 Å². The number of nitro groups is 1. The molecule has 0 fully saturated rings. The third-order valence-corrected chi connectivity index (χ3v) is 3.39. The summed E-state index contributed by atoms with van der Waals surface area (Å²) in [5.41, 5.74) is 0.950. The van der Waals surface area contributed by atoms with Gasteiger partial charge in [0.2, 0.25) is 0 Å². The zero-order valence-corrected chi connectivity index (χ0v) is 13.1. The molecule has 0 amide bonds. The van der Waals surface area contributed by atoms with Crippen LogP contribution in [0.25, 0.3) is 0 Å². The fraction of sp³-hybridized carbons (Fsp3) is 0.176. The van der Waals surface area contributed by atoms with E-state index in [1.54, 1.807) is 18.2 Å². The number of hydrogen-bond donors (Lipinski definition) is 0. The van der Waals surface area contributed by atoms with Crippen LogP contribution in [0.4, 0.5) is 5.69 Å². The van der Waals surface area contributed by atoms with E-state index < -0.39 is 4.92 Å². The fourth-order valence-corrected chi connectivity index (χ4v) is 2.14. The van der Waals surface area contributed by atoms with Gasteiger partial charge in [-0.25, -0.2) is 0 Å². The van der Waals surface area contributed by atoms with Crippen molar-refractivity contribution in [1.82, 2.24) is 0 Å². The number of carbonyl (C=O) groups excluding carboxylic acids is 2. The van der Waals surface area contributed by atoms with E-state index in [1.165, 1.54) is 26.2 Å². The molecule has 2 aromatic carbocycles. The SMILES string of the molecule is COc1ccc(C(C)=O)cc1COc1ccc(C=O)cc1[N+](=O)[O-]. The molecule has 0 saturated carbocycles. The first kappa shape index (κ1) is 17.1. The van der Waals surface area contributed by atoms with Crippen molar-refractivity contribution in [3.63, 3.8) is 0 Å². The topological polar surface area (TPSA) is 95.7 Å². The van der Waals surface area contributed by atoms with Crippen molar-refractivity contribution in [3.05, 3.63) is 63.2 Å². The van der Waals surface area contributed by atoms with Gasteiger partial charge in [-0.2, -0.15) is 0 Å². The van der Waals surface area contributed by atoms with Gasteiger partial charge in [-0.15, -0.1) is 0 Å². The third kappa shape index (κ3) is 3.75. The van der Waals surface area contributed by atoms with Crippen LogP contribution in [-0.2, 0) is 6.61 Å². The standard InChI is InChI=1S/C17H15NO6/c1-11(20)13-4-6-16(23-2)14(8-13)10-24-17-5-3-12(9-19)7-15(17)18(21)22/h3-9H,10H2,1-2H3. The van der Waals surface area contributed by atoms with Gasteiger partial charge >= 0.3 is 5.69 Å². The molecule has 24 heavy (non-hydrogen) atoms. The molecule has 0 bridgehead atoms. The van der Waals surface area contributed by atoms with Crippen molar-refractivity contribution < 1.29 is 24.0 Å². The van der Waals surface area contributed by atoms with Gasteiger partial charge in [0.05, 0.1) is 12.0 Å². The molecule has 2 aromatic rings. The van der Waals surface area contributed by atoms with Crippen LogP contribution in [0.3, 0.4) is 0 Å². The van der Waals surface area contributed by atoms with Gasteiger partial charge in [0.25, 0.3) is 0 Å². The molecule has 0 aliphatic heterocycles. The second-order valence-corrected chi connectivity index (χ2v) is 4.97. The predicted molar refractivity (Wildman–Crippen MR) is 85.8 cm³/mol. The van der Waals surface area contributed by atoms with Gasteiger partial charge < -0.3 is 9.47 Å². The summed E-state index contributed by atoms with van der Waals surface area (Å²) in [6.07, 6.45) is 0.524. The molecule has 0 aliphatic rings. The van der Waals surface area contributed by atoms with E-state index in [0.29, 0.717) is 23.2 Å². The Morgan fingerprint density at radius 3 is 2.50 bits per heavy atom. The normalized spacial score (nSPS) is 10.1. The molecule has 0 heterocycles. The average molecular weight is 329 g/mol. The highest BCUT2D eigenvalue weighted by atomic mass is 16.6. The van der Waals surface area contributed by atoms with E-state index in [9.17, 15) is 19.7 Å². The Labute approximate surface area is 138 Å². The Hall–Kier alpha value is -3.22. The number of nitrogens with zero attached hydrogens (tertiary/aromatic N) is 1. The molecule has 0 atom stereocenters. The lowest BCUT2D eigenvalue weighted by Crippen LogP contribution is -2.03. The van der Waals surface area contributed by atoms with E-state index in [4.69, 9.17) is 9.47 Å². The summed E-state index contributed by atoms with van der Waals surface area (Å²) in [5, 5.41) is 11.1. The van der Waals surface area contributed by atoms with Crippen molar-refractivity contribution in [3.8, 4) is 11.5 Å². The van der Waals surface area contributed by atoms with Crippen molar-refractivity contribution in [2.75, 3.05) is 7.11 Å². The maximum absolute atomic E-state index is 11.5. The van der Waals surface area contributed by atoms with Gasteiger partial charge in [-0.05, 0) is 37.3 Å². The Kier molecular flexibility index (Phi) is 5.26. The van der Waals surface area contributed by atoms with Crippen molar-refractivity contribution in [1.29, 1.82) is 0 Å². The van der Waals surface area contributed by atoms with Crippen LogP contribution in [-0.4, -0.2) is 24.1 Å². The Bertz CT molecular complexity index is 800. The van der Waals surface area contributed by atoms with Gasteiger partial charge in [0.1, 0.15) is 18.6 Å². The van der Waals surface area contributed by atoms with Crippen LogP contribution >= 0.6 is 0 Å². The van der Waals surface area contributed by atoms with Gasteiger partial charge in [0, 0.05) is 22.8 Å². The number of Topliss-reactive ketones (excluding diaryl/α,β-unsaturated/α-hetero) is 1. The highest BCUT2D eigenvalue weighted by Gasteiger charge is 2.17. The average Bonchev–Trinajstić information content (AvgIpc) is 2.59. The van der Waals surface area contributed by atoms with Gasteiger partial charge in [-0.3, -0.25) is 19.7 Å². The van der Waals surface area contributed by atoms with Crippen LogP contribution in [0.2, 0.25) is 0 Å². The largest absolute Gasteiger partial charge is 0.496 e. The Balaban J connectivity index is 2.31. The Morgan fingerprint density at radius 2 is 1.92 bits per heavy atom. The van der Waals surface area contributed by atoms with Crippen LogP contribution in [0.5, 0.6) is 11.5 Å². The Morgan fingerprint density at radius 1 is 1.21 bits per heavy atom. The monoisotopic (exact) mass is 329 g/mol. The smallest absolute Gasteiger partial charge is 0.311 e. The van der Waals surface area contributed by atoms with E-state index in [2.05, 4.69) is 0 Å². The molecule has 124 valence electrons. The second kappa shape index (κ2) is 7.36. The zero-order chi connectivity index (χ0) is 17.7. The predicted octanol–water partition coefficient (Wildman–Crippen LogP) is 3.20. The number of ether oxygens (including phenoxy) is 2. The van der Waals surface area contributed by atoms with Crippen molar-refractivity contribution in [2.24, 2.45) is 0 Å². The molecule has 0 radical (unpaired) electrons. The lowest BCUT2D eigenvalue weighted by Gasteiger charge is -2.11. The number of aldehydes is 1. The van der Waals surface area contributed by atoms with E-state index in [-0.39, 0.29) is 29.4 Å². The number of methoxy groups -OCH3 is 1. The second-order valence-electron chi connectivity index (χ2n) is 4.97. The zero-order valence-electron chi connectivity index (χ0n) is 13.1. The van der Waals surface area contributed by atoms with Gasteiger partial charge in [-0.1, -0.05) is 0 Å². The highest BCUT2D eigenvalue weighted by molar-refractivity contribution is 5.94. The molecule has 0 aliphatic carbocycles. The number of ketones is 1. The number of rotatable bonds is 7. The summed E-state index contributed by atoms with van der Waals surface area (Å²) in [6, 6.07) is 8.82. The third-order valence-electron chi connectivity index (χ3n) is 3.39. The number of benzene rings is 2. The molecule has 0 aromatic heterocycles. The molecule has 7 nitrogen and oxygen atoms in total. The molecule has 7 heteroatoms. The van der Waals surface area contributed by atoms with E-state index in [0.717, 1.165) is 6.07 Å². The maximum Gasteiger partial charge on any atom is 0.311 e. The quantitative estimate of drug-likeness (QED) is 0.335. The number of carbonyl (C=O) groups is 2. The van der Waals surface area contributed by atoms with E-state index >= 15 is 0 Å². The van der Waals surface area contributed by atoms with Crippen molar-refractivity contribution >= 4 is 17.8 Å². The summed E-state index contributed by atoms with van der Waals surface area (Å²) < 4.78 is 10.7. The number of nitro benzene ring substituents is 1. The molecule has 0 saturated heterocycles. The minimum atomic E-state index is -0.619. The highest BCUT2D eigenvalue weighted by Crippen LogP contribution is 2.29. The first-order valence-corrected chi connectivity index (χ1v) is 7.00. The molecular weight excluding hydrogens is 314 g/mol. The number of hydrogen-bond acceptors (Lipinski definition) is 6. The summed E-state index contributed by atoms with van der Waals surface area (Å²) in [4.78, 5) is 32.7. The fourth-order valence-electron chi connectivity index (χ4n) is 2.14. The molecule has 0 unspecified atom stereocenters. The molecule has 2 rings (SSSR count). The summed E-state index contributed by atoms with van der Waals surface area (Å²) in [5.74, 6) is 0.424. The molecular formula is C17H15NO6. The molecule has 0 spiro atoms. The van der Waals surface area contributed by atoms with Crippen molar-refractivity contribution in [2.45, 2.75) is 13.5 Å². The van der Waals surface area contributed by atoms with Crippen LogP contribution in [0.1, 0.15) is 33.2 Å². The lowest BCUT2D eigenvalue weighted by atomic mass is 10.1. The first-order valence-electron chi connectivity index (χ1n) is 7.00. The summed E-state index contributed by atoms with van der Waals surface area (Å²) in [7, 11) is 1.48. The minimum Gasteiger partial charge on any atom is -0.496 e. The lowest BCUT2D eigenvalue weighted by molar-refractivity contribution is -0.386. The summed E-state index contributed by atoms with van der Waals surface area (Å²) >= 11 is 0.